The topological polar surface area (TPSA) is 32.8 Å². The van der Waals surface area contributed by atoms with Crippen LogP contribution in [-0.4, -0.2) is 48.7 Å². The summed E-state index contributed by atoms with van der Waals surface area (Å²) in [6, 6.07) is 20.7. The molecule has 4 nitrogen and oxygen atoms in total. The van der Waals surface area contributed by atoms with E-state index in [1.807, 2.05) is 42.2 Å². The summed E-state index contributed by atoms with van der Waals surface area (Å²) in [5.74, 6) is 0.103. The van der Waals surface area contributed by atoms with Crippen molar-refractivity contribution in [2.24, 2.45) is 0 Å². The van der Waals surface area contributed by atoms with E-state index in [2.05, 4.69) is 35.2 Å². The van der Waals surface area contributed by atoms with Crippen molar-refractivity contribution in [2.45, 2.75) is 44.3 Å². The standard InChI is InChI=1S/C24H30N2O2/c1-2-22-23(27)26(21-11-7-4-8-12-21)19-24(28-22)14-17-25(18-15-24)16-13-20-9-5-3-6-10-20/h3-12,22H,2,13-19H2,1H3. The molecule has 0 aromatic heterocycles. The molecule has 1 amide bonds. The van der Waals surface area contributed by atoms with Crippen molar-refractivity contribution >= 4 is 11.6 Å². The first-order valence-electron chi connectivity index (χ1n) is 10.5. The molecule has 2 aromatic rings. The van der Waals surface area contributed by atoms with Crippen molar-refractivity contribution in [3.63, 3.8) is 0 Å². The van der Waals surface area contributed by atoms with E-state index in [4.69, 9.17) is 4.74 Å². The number of morpholine rings is 1. The summed E-state index contributed by atoms with van der Waals surface area (Å²) in [6.45, 7) is 5.84. The Hall–Kier alpha value is -2.17. The van der Waals surface area contributed by atoms with E-state index in [0.717, 1.165) is 51.0 Å². The second-order valence-corrected chi connectivity index (χ2v) is 8.03. The number of piperidine rings is 1. The third-order valence-electron chi connectivity index (χ3n) is 6.15. The molecule has 0 radical (unpaired) electrons. The van der Waals surface area contributed by atoms with Gasteiger partial charge in [-0.1, -0.05) is 55.5 Å². The number of hydrogen-bond donors (Lipinski definition) is 0. The average Bonchev–Trinajstić information content (AvgIpc) is 2.76. The van der Waals surface area contributed by atoms with Crippen LogP contribution in [0.3, 0.4) is 0 Å². The van der Waals surface area contributed by atoms with Crippen LogP contribution in [-0.2, 0) is 16.0 Å². The largest absolute Gasteiger partial charge is 0.360 e. The first-order valence-corrected chi connectivity index (χ1v) is 10.5. The number of para-hydroxylation sites is 1. The minimum atomic E-state index is -0.329. The second-order valence-electron chi connectivity index (χ2n) is 8.03. The average molecular weight is 379 g/mol. The third kappa shape index (κ3) is 4.13. The van der Waals surface area contributed by atoms with Crippen molar-refractivity contribution in [2.75, 3.05) is 31.1 Å². The number of carbonyl (C=O) groups excluding carboxylic acids is 1. The van der Waals surface area contributed by atoms with Crippen LogP contribution < -0.4 is 4.90 Å². The summed E-state index contributed by atoms with van der Waals surface area (Å²) in [7, 11) is 0. The fourth-order valence-electron chi connectivity index (χ4n) is 4.41. The summed E-state index contributed by atoms with van der Waals surface area (Å²) >= 11 is 0. The van der Waals surface area contributed by atoms with Crippen LogP contribution >= 0.6 is 0 Å². The van der Waals surface area contributed by atoms with Gasteiger partial charge in [-0.2, -0.15) is 0 Å². The van der Waals surface area contributed by atoms with Gasteiger partial charge in [0.05, 0.1) is 12.1 Å². The molecule has 4 rings (SSSR count). The number of rotatable bonds is 5. The molecule has 0 saturated carbocycles. The smallest absolute Gasteiger partial charge is 0.256 e. The van der Waals surface area contributed by atoms with Gasteiger partial charge in [0.15, 0.2) is 0 Å². The molecule has 2 heterocycles. The Morgan fingerprint density at radius 2 is 1.64 bits per heavy atom. The molecule has 2 aliphatic rings. The van der Waals surface area contributed by atoms with E-state index < -0.39 is 0 Å². The molecule has 4 heteroatoms. The normalized spacial score (nSPS) is 22.5. The van der Waals surface area contributed by atoms with Gasteiger partial charge in [-0.25, -0.2) is 0 Å². The first-order chi connectivity index (χ1) is 13.7. The molecule has 0 N–H and O–H groups in total. The van der Waals surface area contributed by atoms with E-state index in [-0.39, 0.29) is 17.6 Å². The lowest BCUT2D eigenvalue weighted by Gasteiger charge is -2.49. The number of hydrogen-bond acceptors (Lipinski definition) is 3. The molecular formula is C24H30N2O2. The van der Waals surface area contributed by atoms with Crippen LogP contribution in [0.2, 0.25) is 0 Å². The number of nitrogens with zero attached hydrogens (tertiary/aromatic N) is 2. The molecule has 1 spiro atoms. The maximum Gasteiger partial charge on any atom is 0.256 e. The maximum atomic E-state index is 12.9. The minimum Gasteiger partial charge on any atom is -0.360 e. The lowest BCUT2D eigenvalue weighted by atomic mass is 9.87. The summed E-state index contributed by atoms with van der Waals surface area (Å²) < 4.78 is 6.42. The van der Waals surface area contributed by atoms with E-state index in [9.17, 15) is 4.79 Å². The summed E-state index contributed by atoms with van der Waals surface area (Å²) in [6.07, 6.45) is 3.44. The lowest BCUT2D eigenvalue weighted by molar-refractivity contribution is -0.164. The predicted octanol–water partition coefficient (Wildman–Crippen LogP) is 3.91. The summed E-state index contributed by atoms with van der Waals surface area (Å²) in [5.41, 5.74) is 2.16. The molecule has 148 valence electrons. The van der Waals surface area contributed by atoms with Gasteiger partial charge in [0.25, 0.3) is 5.91 Å². The zero-order chi connectivity index (χ0) is 19.4. The van der Waals surface area contributed by atoms with Gasteiger partial charge < -0.3 is 14.5 Å². The van der Waals surface area contributed by atoms with E-state index >= 15 is 0 Å². The van der Waals surface area contributed by atoms with Crippen LogP contribution in [0.25, 0.3) is 0 Å². The SMILES string of the molecule is CCC1OC2(CCN(CCc3ccccc3)CC2)CN(c2ccccc2)C1=O. The number of benzene rings is 2. The Kier molecular flexibility index (Phi) is 5.79. The van der Waals surface area contributed by atoms with Crippen LogP contribution in [0.15, 0.2) is 60.7 Å². The van der Waals surface area contributed by atoms with Crippen LogP contribution in [0, 0.1) is 0 Å². The van der Waals surface area contributed by atoms with Crippen molar-refractivity contribution in [1.29, 1.82) is 0 Å². The molecule has 1 unspecified atom stereocenters. The predicted molar refractivity (Wildman–Crippen MR) is 113 cm³/mol. The Bertz CT molecular complexity index is 770. The van der Waals surface area contributed by atoms with Gasteiger partial charge in [-0.3, -0.25) is 4.79 Å². The van der Waals surface area contributed by atoms with Crippen LogP contribution in [0.4, 0.5) is 5.69 Å². The first kappa shape index (κ1) is 19.2. The minimum absolute atomic E-state index is 0.103. The fourth-order valence-corrected chi connectivity index (χ4v) is 4.41. The highest BCUT2D eigenvalue weighted by atomic mass is 16.5. The number of anilines is 1. The molecule has 0 aliphatic carbocycles. The van der Waals surface area contributed by atoms with Crippen LogP contribution in [0.5, 0.6) is 0 Å². The van der Waals surface area contributed by atoms with Gasteiger partial charge in [0.2, 0.25) is 0 Å². The van der Waals surface area contributed by atoms with Crippen molar-refractivity contribution in [3.05, 3.63) is 66.2 Å². The number of amides is 1. The third-order valence-corrected chi connectivity index (χ3v) is 6.15. The summed E-state index contributed by atoms with van der Waals surface area (Å²) in [4.78, 5) is 17.4. The van der Waals surface area contributed by atoms with Crippen molar-refractivity contribution in [3.8, 4) is 0 Å². The zero-order valence-electron chi connectivity index (χ0n) is 16.7. The molecule has 1 atom stereocenters. The Morgan fingerprint density at radius 1 is 1.00 bits per heavy atom. The van der Waals surface area contributed by atoms with Gasteiger partial charge in [-0.15, -0.1) is 0 Å². The van der Waals surface area contributed by atoms with E-state index in [1.165, 1.54) is 5.56 Å². The molecule has 0 bridgehead atoms. The molecule has 2 saturated heterocycles. The molecule has 28 heavy (non-hydrogen) atoms. The summed E-state index contributed by atoms with van der Waals surface area (Å²) in [5, 5.41) is 0. The molecule has 2 fully saturated rings. The number of ether oxygens (including phenoxy) is 1. The molecule has 2 aliphatic heterocycles. The van der Waals surface area contributed by atoms with Crippen molar-refractivity contribution < 1.29 is 9.53 Å². The fraction of sp³-hybridized carbons (Fsp3) is 0.458. The zero-order valence-corrected chi connectivity index (χ0v) is 16.7. The van der Waals surface area contributed by atoms with Gasteiger partial charge in [0.1, 0.15) is 6.10 Å². The number of likely N-dealkylation sites (tertiary alicyclic amines) is 1. The lowest BCUT2D eigenvalue weighted by Crippen LogP contribution is -2.62. The Labute approximate surface area is 168 Å². The maximum absolute atomic E-state index is 12.9. The highest BCUT2D eigenvalue weighted by molar-refractivity contribution is 5.97. The Balaban J connectivity index is 1.41. The van der Waals surface area contributed by atoms with Crippen molar-refractivity contribution in [1.82, 2.24) is 4.90 Å². The highest BCUT2D eigenvalue weighted by Gasteiger charge is 2.46. The molecular weight excluding hydrogens is 348 g/mol. The van der Waals surface area contributed by atoms with Gasteiger partial charge in [-0.05, 0) is 43.4 Å². The highest BCUT2D eigenvalue weighted by Crippen LogP contribution is 2.35. The van der Waals surface area contributed by atoms with Gasteiger partial charge >= 0.3 is 0 Å². The monoisotopic (exact) mass is 378 g/mol. The number of carbonyl (C=O) groups is 1. The van der Waals surface area contributed by atoms with E-state index in [1.54, 1.807) is 0 Å². The quantitative estimate of drug-likeness (QED) is 0.791. The van der Waals surface area contributed by atoms with Gasteiger partial charge in [0, 0.05) is 25.3 Å². The van der Waals surface area contributed by atoms with Crippen LogP contribution in [0.1, 0.15) is 31.7 Å². The van der Waals surface area contributed by atoms with E-state index in [0.29, 0.717) is 6.54 Å². The second kappa shape index (κ2) is 8.46. The Morgan fingerprint density at radius 3 is 2.29 bits per heavy atom. The molecule has 2 aromatic carbocycles.